The van der Waals surface area contributed by atoms with Crippen molar-refractivity contribution in [1.29, 1.82) is 0 Å². The fraction of sp³-hybridized carbons (Fsp3) is 0.143. The summed E-state index contributed by atoms with van der Waals surface area (Å²) in [5.41, 5.74) is 2.50. The highest BCUT2D eigenvalue weighted by molar-refractivity contribution is 9.10. The second kappa shape index (κ2) is 10.4. The summed E-state index contributed by atoms with van der Waals surface area (Å²) in [7, 11) is 3.87. The maximum atomic E-state index is 5.68. The molecule has 3 rings (SSSR count). The minimum atomic E-state index is 0.270. The van der Waals surface area contributed by atoms with Gasteiger partial charge >= 0.3 is 6.01 Å². The molecule has 0 N–H and O–H groups in total. The van der Waals surface area contributed by atoms with Gasteiger partial charge in [0.05, 0.1) is 15.8 Å². The largest absolute Gasteiger partial charge is 0.440 e. The predicted molar refractivity (Wildman–Crippen MR) is 120 cm³/mol. The van der Waals surface area contributed by atoms with Crippen molar-refractivity contribution in [1.82, 2.24) is 9.97 Å². The molecule has 0 unspecified atom stereocenters. The Morgan fingerprint density at radius 1 is 1.00 bits per heavy atom. The summed E-state index contributed by atoms with van der Waals surface area (Å²) in [4.78, 5) is 19.4. The molecule has 0 aliphatic carbocycles. The Morgan fingerprint density at radius 2 is 1.77 bits per heavy atom. The van der Waals surface area contributed by atoms with Crippen molar-refractivity contribution < 1.29 is 14.3 Å². The molecule has 30 heavy (non-hydrogen) atoms. The molecule has 1 heterocycles. The number of ether oxygens (including phenoxy) is 2. The van der Waals surface area contributed by atoms with E-state index in [4.69, 9.17) is 14.3 Å². The van der Waals surface area contributed by atoms with E-state index >= 15 is 0 Å². The summed E-state index contributed by atoms with van der Waals surface area (Å²) in [5.74, 6) is 1.32. The molecular weight excluding hydrogens is 450 g/mol. The molecule has 9 heteroatoms. The van der Waals surface area contributed by atoms with Crippen LogP contribution in [0.5, 0.6) is 17.5 Å². The molecule has 0 aliphatic rings. The Kier molecular flexibility index (Phi) is 7.34. The molecule has 0 saturated carbocycles. The van der Waals surface area contributed by atoms with Crippen LogP contribution in [-0.4, -0.2) is 36.9 Å². The highest BCUT2D eigenvalue weighted by atomic mass is 79.9. The quantitative estimate of drug-likeness (QED) is 0.259. The SMILES string of the molecule is Cc1cc(/N=C\O/N=C/Oc2ccccc2N(C)C)ccc1Oc1ncc(Br)cn1. The van der Waals surface area contributed by atoms with Gasteiger partial charge in [-0.15, -0.1) is 0 Å². The van der Waals surface area contributed by atoms with E-state index in [1.54, 1.807) is 24.5 Å². The van der Waals surface area contributed by atoms with Crippen LogP contribution in [0, 0.1) is 6.92 Å². The van der Waals surface area contributed by atoms with Gasteiger partial charge < -0.3 is 19.2 Å². The first kappa shape index (κ1) is 21.3. The Balaban J connectivity index is 1.53. The van der Waals surface area contributed by atoms with E-state index in [2.05, 4.69) is 36.0 Å². The van der Waals surface area contributed by atoms with Gasteiger partial charge in [0.1, 0.15) is 5.75 Å². The van der Waals surface area contributed by atoms with Crippen LogP contribution >= 0.6 is 15.9 Å². The van der Waals surface area contributed by atoms with E-state index in [1.807, 2.05) is 56.3 Å². The minimum absolute atomic E-state index is 0.270. The highest BCUT2D eigenvalue weighted by Crippen LogP contribution is 2.27. The fourth-order valence-corrected chi connectivity index (χ4v) is 2.63. The number of aliphatic imine (C=N–C) groups is 1. The monoisotopic (exact) mass is 469 g/mol. The lowest BCUT2D eigenvalue weighted by atomic mass is 10.2. The second-order valence-electron chi connectivity index (χ2n) is 6.27. The summed E-state index contributed by atoms with van der Waals surface area (Å²) in [6.45, 7) is 1.91. The third kappa shape index (κ3) is 6.02. The summed E-state index contributed by atoms with van der Waals surface area (Å²) >= 11 is 3.29. The zero-order valence-corrected chi connectivity index (χ0v) is 18.3. The van der Waals surface area contributed by atoms with E-state index in [1.165, 1.54) is 12.8 Å². The lowest BCUT2D eigenvalue weighted by Gasteiger charge is -2.15. The molecule has 0 bridgehead atoms. The number of hydrogen-bond acceptors (Lipinski definition) is 8. The number of halogens is 1. The topological polar surface area (TPSA) is 81.4 Å². The molecule has 0 saturated heterocycles. The van der Waals surface area contributed by atoms with Crippen LogP contribution in [0.25, 0.3) is 0 Å². The Labute approximate surface area is 183 Å². The zero-order chi connectivity index (χ0) is 21.3. The number of aromatic nitrogens is 2. The summed E-state index contributed by atoms with van der Waals surface area (Å²) in [6.07, 6.45) is 5.69. The van der Waals surface area contributed by atoms with Crippen molar-refractivity contribution in [2.45, 2.75) is 6.92 Å². The molecule has 2 aromatic carbocycles. The molecular formula is C21H20BrN5O3. The first-order chi connectivity index (χ1) is 14.5. The van der Waals surface area contributed by atoms with Gasteiger partial charge in [0.15, 0.2) is 5.75 Å². The molecule has 3 aromatic rings. The van der Waals surface area contributed by atoms with Crippen molar-refractivity contribution in [3.8, 4) is 17.5 Å². The molecule has 0 fully saturated rings. The standard InChI is InChI=1S/C21H20BrN5O3/c1-15-10-17(8-9-19(15)30-21-23-11-16(22)12-24-21)25-13-29-26-14-28-20-7-5-4-6-18(20)27(2)3/h4-14H,1-3H3/b25-13-,26-14+. The van der Waals surface area contributed by atoms with E-state index in [-0.39, 0.29) is 6.01 Å². The molecule has 1 aromatic heterocycles. The van der Waals surface area contributed by atoms with Gasteiger partial charge in [0.2, 0.25) is 12.8 Å². The van der Waals surface area contributed by atoms with Gasteiger partial charge in [0.25, 0.3) is 0 Å². The summed E-state index contributed by atoms with van der Waals surface area (Å²) in [6, 6.07) is 13.3. The van der Waals surface area contributed by atoms with E-state index in [0.717, 1.165) is 15.7 Å². The smallest absolute Gasteiger partial charge is 0.321 e. The van der Waals surface area contributed by atoms with E-state index < -0.39 is 0 Å². The van der Waals surface area contributed by atoms with Crippen molar-refractivity contribution in [2.24, 2.45) is 10.1 Å². The van der Waals surface area contributed by atoms with Gasteiger partial charge in [-0.1, -0.05) is 12.1 Å². The van der Waals surface area contributed by atoms with Gasteiger partial charge in [-0.2, -0.15) is 0 Å². The first-order valence-electron chi connectivity index (χ1n) is 8.92. The third-order valence-corrected chi connectivity index (χ3v) is 4.25. The number of aryl methyl sites for hydroxylation is 1. The van der Waals surface area contributed by atoms with E-state index in [9.17, 15) is 0 Å². The molecule has 0 spiro atoms. The summed E-state index contributed by atoms with van der Waals surface area (Å²) in [5, 5.41) is 3.72. The number of rotatable bonds is 8. The average Bonchev–Trinajstić information content (AvgIpc) is 2.74. The second-order valence-corrected chi connectivity index (χ2v) is 7.18. The Bertz CT molecular complexity index is 1040. The number of hydrogen-bond donors (Lipinski definition) is 0. The van der Waals surface area contributed by atoms with Crippen LogP contribution in [0.2, 0.25) is 0 Å². The number of benzene rings is 2. The maximum absolute atomic E-state index is 5.68. The Morgan fingerprint density at radius 3 is 2.50 bits per heavy atom. The lowest BCUT2D eigenvalue weighted by Crippen LogP contribution is -2.10. The molecule has 154 valence electrons. The van der Waals surface area contributed by atoms with Crippen LogP contribution in [0.1, 0.15) is 5.56 Å². The minimum Gasteiger partial charge on any atom is -0.440 e. The molecule has 0 radical (unpaired) electrons. The normalized spacial score (nSPS) is 11.1. The van der Waals surface area contributed by atoms with E-state index in [0.29, 0.717) is 17.2 Å². The van der Waals surface area contributed by atoms with Gasteiger partial charge in [-0.3, -0.25) is 0 Å². The van der Waals surface area contributed by atoms with Crippen LogP contribution < -0.4 is 14.4 Å². The maximum Gasteiger partial charge on any atom is 0.321 e. The summed E-state index contributed by atoms with van der Waals surface area (Å²) < 4.78 is 12.0. The van der Waals surface area contributed by atoms with Gasteiger partial charge in [-0.25, -0.2) is 15.0 Å². The third-order valence-electron chi connectivity index (χ3n) is 3.84. The van der Waals surface area contributed by atoms with Crippen LogP contribution in [0.3, 0.4) is 0 Å². The molecule has 0 atom stereocenters. The predicted octanol–water partition coefficient (Wildman–Crippen LogP) is 5.10. The highest BCUT2D eigenvalue weighted by Gasteiger charge is 2.05. The van der Waals surface area contributed by atoms with Gasteiger partial charge in [-0.05, 0) is 63.9 Å². The van der Waals surface area contributed by atoms with Crippen molar-refractivity contribution in [3.05, 3.63) is 64.9 Å². The molecule has 0 aliphatic heterocycles. The number of para-hydroxylation sites is 2. The van der Waals surface area contributed by atoms with Crippen LogP contribution in [-0.2, 0) is 4.84 Å². The Hall–Kier alpha value is -3.46. The van der Waals surface area contributed by atoms with Crippen LogP contribution in [0.4, 0.5) is 11.4 Å². The van der Waals surface area contributed by atoms with Gasteiger partial charge in [0, 0.05) is 26.5 Å². The number of anilines is 1. The van der Waals surface area contributed by atoms with Crippen LogP contribution in [0.15, 0.2) is 69.5 Å². The van der Waals surface area contributed by atoms with Crippen molar-refractivity contribution in [2.75, 3.05) is 19.0 Å². The zero-order valence-electron chi connectivity index (χ0n) is 16.7. The molecule has 8 nitrogen and oxygen atoms in total. The van der Waals surface area contributed by atoms with Crippen molar-refractivity contribution in [3.63, 3.8) is 0 Å². The number of nitrogens with zero attached hydrogens (tertiary/aromatic N) is 5. The fourth-order valence-electron chi connectivity index (χ4n) is 2.42. The van der Waals surface area contributed by atoms with Crippen molar-refractivity contribution >= 4 is 40.1 Å². The first-order valence-corrected chi connectivity index (χ1v) is 9.71. The molecule has 0 amide bonds. The lowest BCUT2D eigenvalue weighted by molar-refractivity contribution is 0.335. The number of oxime groups is 1. The average molecular weight is 470 g/mol.